The summed E-state index contributed by atoms with van der Waals surface area (Å²) in [5, 5.41) is 3.38. The smallest absolute Gasteiger partial charge is 0.243 e. The minimum atomic E-state index is -4.04. The normalized spacial score (nSPS) is 13.9. The average molecular weight is 473 g/mol. The molecule has 0 bridgehead atoms. The maximum absolute atomic E-state index is 13.1. The van der Waals surface area contributed by atoms with Crippen molar-refractivity contribution in [3.8, 4) is 11.5 Å². The maximum atomic E-state index is 13.1. The molecule has 9 heteroatoms. The van der Waals surface area contributed by atoms with Crippen molar-refractivity contribution in [1.82, 2.24) is 10.0 Å². The number of rotatable bonds is 7. The van der Waals surface area contributed by atoms with Gasteiger partial charge in [0.15, 0.2) is 11.5 Å². The fraction of sp³-hybridized carbons (Fsp3) is 0.174. The van der Waals surface area contributed by atoms with E-state index in [1.165, 1.54) is 12.1 Å². The Kier molecular flexibility index (Phi) is 6.64. The molecule has 4 rings (SSSR count). The fourth-order valence-corrected chi connectivity index (χ4v) is 4.55. The van der Waals surface area contributed by atoms with Gasteiger partial charge in [0, 0.05) is 17.6 Å². The molecule has 0 aliphatic carbocycles. The lowest BCUT2D eigenvalue weighted by Gasteiger charge is -2.21. The highest BCUT2D eigenvalue weighted by atomic mass is 35.5. The Morgan fingerprint density at radius 1 is 0.938 bits per heavy atom. The van der Waals surface area contributed by atoms with Gasteiger partial charge in [-0.1, -0.05) is 54.1 Å². The van der Waals surface area contributed by atoms with Gasteiger partial charge in [-0.05, 0) is 35.4 Å². The Balaban J connectivity index is 1.56. The lowest BCUT2D eigenvalue weighted by atomic mass is 10.1. The number of carbonyl (C=O) groups is 1. The SMILES string of the molecule is O=C(NCc1ccc(Cl)cc1)C(NS(=O)(=O)c1ccc2c(c1)OCCO2)c1ccccc1. The van der Waals surface area contributed by atoms with Crippen LogP contribution in [0, 0.1) is 0 Å². The standard InChI is InChI=1S/C23H21ClN2O5S/c24-18-8-6-16(7-9-18)15-25-23(27)22(17-4-2-1-3-5-17)26-32(28,29)19-10-11-20-21(14-19)31-13-12-30-20/h1-11,14,22,26H,12-13,15H2,(H,25,27). The molecule has 1 atom stereocenters. The van der Waals surface area contributed by atoms with Crippen LogP contribution in [0.4, 0.5) is 0 Å². The topological polar surface area (TPSA) is 93.7 Å². The van der Waals surface area contributed by atoms with Crippen molar-refractivity contribution in [3.63, 3.8) is 0 Å². The third-order valence-corrected chi connectivity index (χ3v) is 6.54. The predicted octanol–water partition coefficient (Wildman–Crippen LogP) is 3.45. The first-order valence-corrected chi connectivity index (χ1v) is 11.8. The molecule has 0 spiro atoms. The van der Waals surface area contributed by atoms with Gasteiger partial charge in [-0.3, -0.25) is 4.79 Å². The minimum Gasteiger partial charge on any atom is -0.486 e. The molecule has 3 aromatic rings. The zero-order valence-corrected chi connectivity index (χ0v) is 18.5. The van der Waals surface area contributed by atoms with Crippen molar-refractivity contribution in [2.75, 3.05) is 13.2 Å². The van der Waals surface area contributed by atoms with Gasteiger partial charge in [0.05, 0.1) is 4.90 Å². The van der Waals surface area contributed by atoms with Gasteiger partial charge in [0.1, 0.15) is 19.3 Å². The molecular formula is C23H21ClN2O5S. The third-order valence-electron chi connectivity index (χ3n) is 4.87. The number of sulfonamides is 1. The Labute approximate surface area is 191 Å². The van der Waals surface area contributed by atoms with Gasteiger partial charge in [0.25, 0.3) is 0 Å². The minimum absolute atomic E-state index is 0.0202. The van der Waals surface area contributed by atoms with E-state index >= 15 is 0 Å². The van der Waals surface area contributed by atoms with Gasteiger partial charge in [-0.2, -0.15) is 4.72 Å². The van der Waals surface area contributed by atoms with Gasteiger partial charge in [0.2, 0.25) is 15.9 Å². The number of nitrogens with one attached hydrogen (secondary N) is 2. The van der Waals surface area contributed by atoms with Crippen LogP contribution in [0.1, 0.15) is 17.2 Å². The highest BCUT2D eigenvalue weighted by Crippen LogP contribution is 2.32. The van der Waals surface area contributed by atoms with Crippen LogP contribution in [0.15, 0.2) is 77.7 Å². The molecule has 0 saturated heterocycles. The van der Waals surface area contributed by atoms with Crippen LogP contribution in [0.25, 0.3) is 0 Å². The predicted molar refractivity (Wildman–Crippen MR) is 120 cm³/mol. The lowest BCUT2D eigenvalue weighted by molar-refractivity contribution is -0.123. The van der Waals surface area contributed by atoms with Gasteiger partial charge >= 0.3 is 0 Å². The van der Waals surface area contributed by atoms with Crippen molar-refractivity contribution in [2.45, 2.75) is 17.5 Å². The van der Waals surface area contributed by atoms with E-state index in [0.717, 1.165) is 5.56 Å². The zero-order valence-electron chi connectivity index (χ0n) is 17.0. The number of ether oxygens (including phenoxy) is 2. The van der Waals surface area contributed by atoms with Crippen LogP contribution in [0.3, 0.4) is 0 Å². The molecule has 0 aromatic heterocycles. The van der Waals surface area contributed by atoms with Crippen LogP contribution in [0.5, 0.6) is 11.5 Å². The monoisotopic (exact) mass is 472 g/mol. The number of amides is 1. The molecule has 7 nitrogen and oxygen atoms in total. The van der Waals surface area contributed by atoms with Crippen LogP contribution < -0.4 is 19.5 Å². The summed E-state index contributed by atoms with van der Waals surface area (Å²) in [7, 11) is -4.04. The molecule has 0 fully saturated rings. The molecule has 0 saturated carbocycles. The van der Waals surface area contributed by atoms with Crippen LogP contribution in [-0.4, -0.2) is 27.5 Å². The molecule has 1 aliphatic rings. The van der Waals surface area contributed by atoms with Gasteiger partial charge in [-0.15, -0.1) is 0 Å². The summed E-state index contributed by atoms with van der Waals surface area (Å²) in [5.74, 6) is 0.352. The summed E-state index contributed by atoms with van der Waals surface area (Å²) in [6.45, 7) is 0.968. The Morgan fingerprint density at radius 3 is 2.34 bits per heavy atom. The van der Waals surface area contributed by atoms with E-state index in [4.69, 9.17) is 21.1 Å². The van der Waals surface area contributed by atoms with E-state index in [0.29, 0.717) is 35.3 Å². The van der Waals surface area contributed by atoms with Crippen molar-refractivity contribution in [3.05, 3.63) is 88.9 Å². The molecule has 1 aliphatic heterocycles. The molecule has 1 unspecified atom stereocenters. The molecule has 166 valence electrons. The van der Waals surface area contributed by atoms with Crippen LogP contribution in [0.2, 0.25) is 5.02 Å². The molecule has 3 aromatic carbocycles. The van der Waals surface area contributed by atoms with Crippen LogP contribution >= 0.6 is 11.6 Å². The molecule has 32 heavy (non-hydrogen) atoms. The first kappa shape index (κ1) is 22.1. The Morgan fingerprint density at radius 2 is 1.62 bits per heavy atom. The van der Waals surface area contributed by atoms with E-state index in [9.17, 15) is 13.2 Å². The van der Waals surface area contributed by atoms with Crippen LogP contribution in [-0.2, 0) is 21.4 Å². The van der Waals surface area contributed by atoms with Gasteiger partial charge in [-0.25, -0.2) is 8.42 Å². The second-order valence-electron chi connectivity index (χ2n) is 7.11. The third kappa shape index (κ3) is 5.21. The number of hydrogen-bond donors (Lipinski definition) is 2. The second-order valence-corrected chi connectivity index (χ2v) is 9.27. The summed E-state index contributed by atoms with van der Waals surface area (Å²) in [4.78, 5) is 13.0. The van der Waals surface area contributed by atoms with Gasteiger partial charge < -0.3 is 14.8 Å². The number of carbonyl (C=O) groups excluding carboxylic acids is 1. The molecule has 2 N–H and O–H groups in total. The zero-order chi connectivity index (χ0) is 22.6. The summed E-state index contributed by atoms with van der Waals surface area (Å²) in [5.41, 5.74) is 1.35. The van der Waals surface area contributed by atoms with E-state index in [-0.39, 0.29) is 11.4 Å². The highest BCUT2D eigenvalue weighted by molar-refractivity contribution is 7.89. The number of benzene rings is 3. The summed E-state index contributed by atoms with van der Waals surface area (Å²) in [6.07, 6.45) is 0. The van der Waals surface area contributed by atoms with E-state index < -0.39 is 22.0 Å². The maximum Gasteiger partial charge on any atom is 0.243 e. The Hall–Kier alpha value is -3.07. The first-order chi connectivity index (χ1) is 15.4. The summed E-state index contributed by atoms with van der Waals surface area (Å²) < 4.78 is 39.7. The van der Waals surface area contributed by atoms with E-state index in [1.54, 1.807) is 60.7 Å². The summed E-state index contributed by atoms with van der Waals surface area (Å²) >= 11 is 5.90. The average Bonchev–Trinajstić information content (AvgIpc) is 2.82. The lowest BCUT2D eigenvalue weighted by Crippen LogP contribution is -2.40. The van der Waals surface area contributed by atoms with Crippen molar-refractivity contribution < 1.29 is 22.7 Å². The Bertz CT molecular complexity index is 1200. The van der Waals surface area contributed by atoms with Crippen molar-refractivity contribution in [2.24, 2.45) is 0 Å². The molecular weight excluding hydrogens is 452 g/mol. The quantitative estimate of drug-likeness (QED) is 0.549. The summed E-state index contributed by atoms with van der Waals surface area (Å²) in [6, 6.07) is 18.9. The second kappa shape index (κ2) is 9.60. The number of hydrogen-bond acceptors (Lipinski definition) is 5. The highest BCUT2D eigenvalue weighted by Gasteiger charge is 2.28. The largest absolute Gasteiger partial charge is 0.486 e. The first-order valence-electron chi connectivity index (χ1n) is 9.91. The van der Waals surface area contributed by atoms with E-state index in [1.807, 2.05) is 0 Å². The van der Waals surface area contributed by atoms with Crippen molar-refractivity contribution >= 4 is 27.5 Å². The molecule has 1 amide bonds. The fourth-order valence-electron chi connectivity index (χ4n) is 3.23. The molecule has 1 heterocycles. The molecule has 0 radical (unpaired) electrons. The van der Waals surface area contributed by atoms with Crippen molar-refractivity contribution in [1.29, 1.82) is 0 Å². The number of halogens is 1. The number of fused-ring (bicyclic) bond motifs is 1. The van der Waals surface area contributed by atoms with E-state index in [2.05, 4.69) is 10.0 Å².